The Morgan fingerprint density at radius 1 is 1.09 bits per heavy atom. The number of nitrogens with one attached hydrogen (secondary N) is 2. The predicted molar refractivity (Wildman–Crippen MR) is 125 cm³/mol. The van der Waals surface area contributed by atoms with Gasteiger partial charge in [-0.05, 0) is 65.4 Å². The zero-order valence-corrected chi connectivity index (χ0v) is 18.3. The zero-order chi connectivity index (χ0) is 23.5. The molecule has 166 valence electrons. The maximum atomic E-state index is 12.7. The van der Waals surface area contributed by atoms with E-state index in [1.54, 1.807) is 36.4 Å². The lowest BCUT2D eigenvalue weighted by molar-refractivity contribution is -0.127. The van der Waals surface area contributed by atoms with Crippen LogP contribution in [0.15, 0.2) is 65.7 Å². The van der Waals surface area contributed by atoms with Crippen LogP contribution in [-0.2, 0) is 9.59 Å². The van der Waals surface area contributed by atoms with Crippen molar-refractivity contribution in [1.29, 1.82) is 0 Å². The summed E-state index contributed by atoms with van der Waals surface area (Å²) in [6, 6.07) is 14.8. The van der Waals surface area contributed by atoms with Crippen LogP contribution in [0.1, 0.15) is 20.8 Å². The monoisotopic (exact) mass is 461 g/mol. The third kappa shape index (κ3) is 4.99. The van der Waals surface area contributed by atoms with Gasteiger partial charge in [0.1, 0.15) is 12.2 Å². The minimum atomic E-state index is -0.995. The lowest BCUT2D eigenvalue weighted by Crippen LogP contribution is -2.38. The van der Waals surface area contributed by atoms with E-state index in [-0.39, 0.29) is 11.3 Å². The average molecular weight is 461 g/mol. The van der Waals surface area contributed by atoms with E-state index in [2.05, 4.69) is 10.6 Å². The topological polar surface area (TPSA) is 116 Å². The van der Waals surface area contributed by atoms with Gasteiger partial charge in [-0.2, -0.15) is 0 Å². The Kier molecular flexibility index (Phi) is 6.05. The maximum absolute atomic E-state index is 12.7. The fraction of sp³-hybridized carbons (Fsp3) is 0.0833. The molecule has 3 aromatic rings. The molecular weight excluding hydrogens is 442 g/mol. The number of urea groups is 1. The number of nitrogens with zero attached hydrogens (tertiary/aromatic N) is 1. The molecule has 4 amide bonds. The van der Waals surface area contributed by atoms with Crippen LogP contribution in [-0.4, -0.2) is 40.4 Å². The normalized spacial score (nSPS) is 14.5. The van der Waals surface area contributed by atoms with Crippen molar-refractivity contribution in [2.45, 2.75) is 6.92 Å². The molecule has 0 aliphatic carbocycles. The molecule has 1 aliphatic heterocycles. The fourth-order valence-corrected chi connectivity index (χ4v) is 4.16. The Morgan fingerprint density at radius 3 is 2.55 bits per heavy atom. The molecule has 0 radical (unpaired) electrons. The minimum Gasteiger partial charge on any atom is -0.478 e. The van der Waals surface area contributed by atoms with Gasteiger partial charge in [0, 0.05) is 10.6 Å². The maximum Gasteiger partial charge on any atom is 0.335 e. The summed E-state index contributed by atoms with van der Waals surface area (Å²) in [6.45, 7) is 1.49. The summed E-state index contributed by atoms with van der Waals surface area (Å²) in [4.78, 5) is 49.9. The van der Waals surface area contributed by atoms with Crippen molar-refractivity contribution in [3.05, 3.63) is 81.7 Å². The van der Waals surface area contributed by atoms with E-state index >= 15 is 0 Å². The standard InChI is InChI=1S/C24H19N3O5S/c1-14-3-2-4-18(9-14)25-21(28)12-27-22(29)20(26-24(27)32)11-19-10-17(13-33-19)15-5-7-16(8-6-15)23(30)31/h2-11,13H,12H2,1H3,(H,25,28)(H,26,32)(H,30,31)/b20-11-. The van der Waals surface area contributed by atoms with Crippen LogP contribution in [0.25, 0.3) is 17.2 Å². The van der Waals surface area contributed by atoms with Crippen molar-refractivity contribution in [1.82, 2.24) is 10.2 Å². The van der Waals surface area contributed by atoms with Crippen molar-refractivity contribution in [2.24, 2.45) is 0 Å². The molecule has 33 heavy (non-hydrogen) atoms. The number of aromatic carboxylic acids is 1. The molecule has 9 heteroatoms. The Bertz CT molecular complexity index is 1290. The number of thiophene rings is 1. The number of rotatable bonds is 6. The molecule has 4 rings (SSSR count). The van der Waals surface area contributed by atoms with Crippen molar-refractivity contribution >= 4 is 46.9 Å². The smallest absolute Gasteiger partial charge is 0.335 e. The predicted octanol–water partition coefficient (Wildman–Crippen LogP) is 3.95. The number of carbonyl (C=O) groups excluding carboxylic acids is 3. The van der Waals surface area contributed by atoms with Gasteiger partial charge >= 0.3 is 12.0 Å². The SMILES string of the molecule is Cc1cccc(NC(=O)CN2C(=O)N/C(=C\c3cc(-c4ccc(C(=O)O)cc4)cs3)C2=O)c1. The molecule has 1 aromatic heterocycles. The minimum absolute atomic E-state index is 0.0815. The van der Waals surface area contributed by atoms with Crippen LogP contribution in [0.2, 0.25) is 0 Å². The van der Waals surface area contributed by atoms with Crippen LogP contribution in [0.3, 0.4) is 0 Å². The molecule has 0 unspecified atom stereocenters. The zero-order valence-electron chi connectivity index (χ0n) is 17.5. The molecule has 0 saturated carbocycles. The first-order valence-electron chi connectivity index (χ1n) is 9.93. The molecular formula is C24H19N3O5S. The van der Waals surface area contributed by atoms with E-state index < -0.39 is 30.4 Å². The third-order valence-electron chi connectivity index (χ3n) is 4.94. The molecule has 1 saturated heterocycles. The van der Waals surface area contributed by atoms with E-state index in [4.69, 9.17) is 5.11 Å². The van der Waals surface area contributed by atoms with E-state index in [9.17, 15) is 19.2 Å². The van der Waals surface area contributed by atoms with E-state index in [0.717, 1.165) is 26.5 Å². The van der Waals surface area contributed by atoms with E-state index in [0.29, 0.717) is 5.69 Å². The van der Waals surface area contributed by atoms with Gasteiger partial charge in [0.05, 0.1) is 5.56 Å². The van der Waals surface area contributed by atoms with Crippen molar-refractivity contribution in [2.75, 3.05) is 11.9 Å². The van der Waals surface area contributed by atoms with Gasteiger partial charge in [0.2, 0.25) is 5.91 Å². The van der Waals surface area contributed by atoms with Crippen LogP contribution >= 0.6 is 11.3 Å². The van der Waals surface area contributed by atoms with Crippen LogP contribution < -0.4 is 10.6 Å². The van der Waals surface area contributed by atoms with E-state index in [1.807, 2.05) is 24.4 Å². The van der Waals surface area contributed by atoms with Gasteiger partial charge in [0.25, 0.3) is 5.91 Å². The molecule has 8 nitrogen and oxygen atoms in total. The fourth-order valence-electron chi connectivity index (χ4n) is 3.31. The summed E-state index contributed by atoms with van der Waals surface area (Å²) >= 11 is 1.37. The summed E-state index contributed by atoms with van der Waals surface area (Å²) in [5.41, 5.74) is 3.53. The summed E-state index contributed by atoms with van der Waals surface area (Å²) in [5, 5.41) is 16.1. The first-order chi connectivity index (χ1) is 15.8. The second kappa shape index (κ2) is 9.09. The molecule has 0 spiro atoms. The van der Waals surface area contributed by atoms with Gasteiger partial charge in [-0.1, -0.05) is 24.3 Å². The van der Waals surface area contributed by atoms with Crippen molar-refractivity contribution in [3.63, 3.8) is 0 Å². The molecule has 2 heterocycles. The van der Waals surface area contributed by atoms with Crippen LogP contribution in [0, 0.1) is 6.92 Å². The highest BCUT2D eigenvalue weighted by Crippen LogP contribution is 2.28. The summed E-state index contributed by atoms with van der Waals surface area (Å²) < 4.78 is 0. The lowest BCUT2D eigenvalue weighted by Gasteiger charge is -2.12. The largest absolute Gasteiger partial charge is 0.478 e. The van der Waals surface area contributed by atoms with Crippen LogP contribution in [0.5, 0.6) is 0 Å². The number of carboxylic acids is 1. The molecule has 1 aliphatic rings. The highest BCUT2D eigenvalue weighted by molar-refractivity contribution is 7.11. The number of hydrogen-bond donors (Lipinski definition) is 3. The first-order valence-corrected chi connectivity index (χ1v) is 10.8. The Morgan fingerprint density at radius 2 is 1.85 bits per heavy atom. The second-order valence-corrected chi connectivity index (χ2v) is 8.36. The Labute approximate surface area is 193 Å². The quantitative estimate of drug-likeness (QED) is 0.380. The highest BCUT2D eigenvalue weighted by Gasteiger charge is 2.35. The number of hydrogen-bond acceptors (Lipinski definition) is 5. The Hall–Kier alpha value is -4.24. The van der Waals surface area contributed by atoms with Crippen molar-refractivity contribution in [3.8, 4) is 11.1 Å². The van der Waals surface area contributed by atoms with Gasteiger partial charge < -0.3 is 15.7 Å². The highest BCUT2D eigenvalue weighted by atomic mass is 32.1. The van der Waals surface area contributed by atoms with Crippen molar-refractivity contribution < 1.29 is 24.3 Å². The number of carboxylic acid groups (broad SMARTS) is 1. The lowest BCUT2D eigenvalue weighted by atomic mass is 10.1. The summed E-state index contributed by atoms with van der Waals surface area (Å²) in [7, 11) is 0. The van der Waals surface area contributed by atoms with Gasteiger partial charge in [0.15, 0.2) is 0 Å². The van der Waals surface area contributed by atoms with Gasteiger partial charge in [-0.15, -0.1) is 11.3 Å². The number of benzene rings is 2. The van der Waals surface area contributed by atoms with Crippen LogP contribution in [0.4, 0.5) is 10.5 Å². The third-order valence-corrected chi connectivity index (χ3v) is 5.82. The number of anilines is 1. The summed E-state index contributed by atoms with van der Waals surface area (Å²) in [5.74, 6) is -2.06. The first kappa shape index (κ1) is 22.0. The molecule has 3 N–H and O–H groups in total. The van der Waals surface area contributed by atoms with E-state index in [1.165, 1.54) is 23.5 Å². The van der Waals surface area contributed by atoms with Gasteiger partial charge in [-0.3, -0.25) is 9.59 Å². The molecule has 1 fully saturated rings. The van der Waals surface area contributed by atoms with Gasteiger partial charge in [-0.25, -0.2) is 14.5 Å². The number of aryl methyl sites for hydroxylation is 1. The Balaban J connectivity index is 1.44. The second-order valence-electron chi connectivity index (χ2n) is 7.42. The average Bonchev–Trinajstić information content (AvgIpc) is 3.34. The summed E-state index contributed by atoms with van der Waals surface area (Å²) in [6.07, 6.45) is 1.55. The number of imide groups is 1. The number of amides is 4. The molecule has 2 aromatic carbocycles. The number of carbonyl (C=O) groups is 4. The molecule has 0 atom stereocenters. The molecule has 0 bridgehead atoms.